The molecule has 0 radical (unpaired) electrons. The number of ether oxygens (including phenoxy) is 2. The van der Waals surface area contributed by atoms with Gasteiger partial charge in [-0.25, -0.2) is 9.59 Å². The number of amides is 3. The maximum Gasteiger partial charge on any atom is 0.408 e. The van der Waals surface area contributed by atoms with Gasteiger partial charge in [-0.2, -0.15) is 0 Å². The van der Waals surface area contributed by atoms with Crippen LogP contribution in [0.5, 0.6) is 0 Å². The number of alkyl carbamates (subject to hydrolysis) is 2. The van der Waals surface area contributed by atoms with E-state index in [0.717, 1.165) is 22.3 Å². The molecule has 13 heteroatoms. The highest BCUT2D eigenvalue weighted by molar-refractivity contribution is 7.41. The molecule has 5 N–H and O–H groups in total. The average molecular weight is 785 g/mol. The molecule has 0 aliphatic carbocycles. The van der Waals surface area contributed by atoms with Crippen LogP contribution in [0.4, 0.5) is 9.59 Å². The van der Waals surface area contributed by atoms with Crippen molar-refractivity contribution in [2.45, 2.75) is 77.2 Å². The van der Waals surface area contributed by atoms with Gasteiger partial charge in [-0.05, 0) is 46.9 Å². The Kier molecular flexibility index (Phi) is 16.6. The van der Waals surface area contributed by atoms with Gasteiger partial charge in [0, 0.05) is 0 Å². The standard InChI is InChI=1S/C42H53N4O7PSi/c1-29(2)37(45-41(48)52-27-33-21-13-7-14-22-33)39(47)43-35(25-31-17-9-5-10-18-31)55(50,51)36(26-32-19-11-6-12-20-32)44-40(54)38(30(3)4)46-42(49)53-28-34-23-15-8-16-24-34/h5-24,29-30,35-38,50-51H,25-28,54H2,1-4H3,(H,43,47)(H,45,48)(H,46,49)/t35-,36-,37+,38+/m1/s1. The summed E-state index contributed by atoms with van der Waals surface area (Å²) in [6.45, 7) is 7.50. The molecule has 0 saturated heterocycles. The van der Waals surface area contributed by atoms with Crippen molar-refractivity contribution in [2.24, 2.45) is 16.8 Å². The van der Waals surface area contributed by atoms with Gasteiger partial charge in [0.25, 0.3) is 0 Å². The Hall–Kier alpha value is -4.87. The predicted molar refractivity (Wildman–Crippen MR) is 220 cm³/mol. The first-order valence-electron chi connectivity index (χ1n) is 18.4. The molecule has 4 aromatic rings. The summed E-state index contributed by atoms with van der Waals surface area (Å²) < 4.78 is 10.9. The highest BCUT2D eigenvalue weighted by Gasteiger charge is 2.49. The zero-order valence-corrected chi connectivity index (χ0v) is 34.0. The van der Waals surface area contributed by atoms with Gasteiger partial charge in [-0.3, -0.25) is 9.79 Å². The smallest absolute Gasteiger partial charge is 0.408 e. The first-order chi connectivity index (χ1) is 26.3. The maximum absolute atomic E-state index is 14.0. The lowest BCUT2D eigenvalue weighted by Crippen LogP contribution is -2.67. The van der Waals surface area contributed by atoms with Gasteiger partial charge in [0.2, 0.25) is 5.91 Å². The number of carbonyl (C=O) groups is 3. The Labute approximate surface area is 327 Å². The van der Waals surface area contributed by atoms with E-state index < -0.39 is 50.1 Å². The molecular weight excluding hydrogens is 732 g/mol. The van der Waals surface area contributed by atoms with Gasteiger partial charge in [-0.15, -0.1) is 0 Å². The summed E-state index contributed by atoms with van der Waals surface area (Å²) in [5.41, 5.74) is 1.32. The number of rotatable bonds is 18. The summed E-state index contributed by atoms with van der Waals surface area (Å²) in [6.07, 6.45) is -1.19. The molecule has 11 nitrogen and oxygen atoms in total. The molecule has 3 amide bonds. The molecule has 0 aromatic heterocycles. The summed E-state index contributed by atoms with van der Waals surface area (Å²) >= 11 is 0. The largest absolute Gasteiger partial charge is 0.445 e. The van der Waals surface area contributed by atoms with Crippen LogP contribution in [0, 0.1) is 11.8 Å². The van der Waals surface area contributed by atoms with Gasteiger partial charge in [0.1, 0.15) is 19.3 Å². The third-order valence-corrected chi connectivity index (χ3v) is 12.3. The van der Waals surface area contributed by atoms with Gasteiger partial charge in [0.15, 0.2) is 0 Å². The molecule has 5 atom stereocenters. The fraction of sp³-hybridized carbons (Fsp3) is 0.333. The highest BCUT2D eigenvalue weighted by Crippen LogP contribution is 2.23. The first-order valence-corrected chi connectivity index (χ1v) is 21.1. The molecule has 0 fully saturated rings. The van der Waals surface area contributed by atoms with Crippen molar-refractivity contribution >= 4 is 41.3 Å². The quantitative estimate of drug-likeness (QED) is 0.0470. The molecule has 0 spiro atoms. The molecule has 0 heterocycles. The van der Waals surface area contributed by atoms with E-state index in [1.54, 1.807) is 13.8 Å². The average Bonchev–Trinajstić information content (AvgIpc) is 3.18. The van der Waals surface area contributed by atoms with Crippen molar-refractivity contribution in [1.29, 1.82) is 0 Å². The van der Waals surface area contributed by atoms with Crippen LogP contribution in [0.3, 0.4) is 0 Å². The van der Waals surface area contributed by atoms with Gasteiger partial charge < -0.3 is 35.0 Å². The van der Waals surface area contributed by atoms with Gasteiger partial charge in [0.05, 0.1) is 22.8 Å². The maximum atomic E-state index is 14.0. The minimum Gasteiger partial charge on any atom is -0.445 e. The van der Waals surface area contributed by atoms with E-state index >= 15 is 0 Å². The van der Waals surface area contributed by atoms with Crippen LogP contribution in [0.25, 0.3) is 0 Å². The van der Waals surface area contributed by atoms with Crippen molar-refractivity contribution in [3.8, 4) is 0 Å². The number of nitrogens with zero attached hydrogens (tertiary/aromatic N) is 1. The Balaban J connectivity index is 1.62. The first kappa shape index (κ1) is 42.9. The Bertz CT molecular complexity index is 1820. The Morgan fingerprint density at radius 1 is 0.600 bits per heavy atom. The van der Waals surface area contributed by atoms with Crippen LogP contribution in [0.15, 0.2) is 126 Å². The summed E-state index contributed by atoms with van der Waals surface area (Å²) in [4.78, 5) is 69.7. The number of hydrogen-bond donors (Lipinski definition) is 5. The van der Waals surface area contributed by atoms with Crippen molar-refractivity contribution in [3.05, 3.63) is 144 Å². The number of aliphatic imine (C=N–C) groups is 1. The fourth-order valence-electron chi connectivity index (χ4n) is 5.94. The molecule has 0 bridgehead atoms. The molecule has 4 aromatic carbocycles. The fourth-order valence-corrected chi connectivity index (χ4v) is 8.97. The summed E-state index contributed by atoms with van der Waals surface area (Å²) in [5, 5.41) is 8.47. The van der Waals surface area contributed by atoms with Gasteiger partial charge in [-0.1, -0.05) is 158 Å². The minimum absolute atomic E-state index is 0.0204. The molecule has 1 unspecified atom stereocenters. The number of carbonyl (C=O) groups excluding carboxylic acids is 3. The molecule has 0 aliphatic rings. The van der Waals surface area contributed by atoms with E-state index in [1.807, 2.05) is 135 Å². The van der Waals surface area contributed by atoms with E-state index in [-0.39, 0.29) is 37.9 Å². The zero-order chi connectivity index (χ0) is 39.8. The molecule has 292 valence electrons. The topological polar surface area (TPSA) is 159 Å². The summed E-state index contributed by atoms with van der Waals surface area (Å²) in [5.74, 6) is -1.11. The van der Waals surface area contributed by atoms with Crippen LogP contribution in [0.2, 0.25) is 0 Å². The number of hydrogen-bond acceptors (Lipinski definition) is 8. The molecular formula is C42H53N4O7PSi. The number of benzene rings is 4. The molecule has 4 rings (SSSR count). The van der Waals surface area contributed by atoms with Crippen molar-refractivity contribution in [3.63, 3.8) is 0 Å². The van der Waals surface area contributed by atoms with E-state index in [2.05, 4.69) is 25.2 Å². The van der Waals surface area contributed by atoms with Crippen LogP contribution < -0.4 is 16.0 Å². The monoisotopic (exact) mass is 784 g/mol. The second kappa shape index (κ2) is 21.3. The molecule has 55 heavy (non-hydrogen) atoms. The third kappa shape index (κ3) is 13.7. The van der Waals surface area contributed by atoms with Crippen molar-refractivity contribution < 1.29 is 33.4 Å². The number of nitrogens with one attached hydrogen (secondary N) is 3. The predicted octanol–water partition coefficient (Wildman–Crippen LogP) is 6.01. The van der Waals surface area contributed by atoms with Crippen molar-refractivity contribution in [1.82, 2.24) is 16.0 Å². The molecule has 0 saturated carbocycles. The van der Waals surface area contributed by atoms with Gasteiger partial charge >= 0.3 is 20.7 Å². The van der Waals surface area contributed by atoms with Crippen LogP contribution >= 0.6 is 9.24 Å². The normalized spacial score (nSPS) is 14.0. The van der Waals surface area contributed by atoms with Crippen LogP contribution in [0.1, 0.15) is 49.9 Å². The van der Waals surface area contributed by atoms with E-state index in [1.165, 1.54) is 0 Å². The zero-order valence-electron chi connectivity index (χ0n) is 31.8. The second-order valence-electron chi connectivity index (χ2n) is 14.1. The summed E-state index contributed by atoms with van der Waals surface area (Å²) in [7, 11) is -2.08. The Morgan fingerprint density at radius 2 is 0.982 bits per heavy atom. The van der Waals surface area contributed by atoms with E-state index in [0.29, 0.717) is 5.45 Å². The highest BCUT2D eigenvalue weighted by atomic mass is 31.0. The Morgan fingerprint density at radius 3 is 1.40 bits per heavy atom. The van der Waals surface area contributed by atoms with Crippen LogP contribution in [-0.4, -0.2) is 65.1 Å². The SMILES string of the molecule is CC(C)[C@H](NC(=O)OCc1ccccc1)C(=O)N[C@@H](Cc1ccccc1)[Si](O)(O)[C@H](Cc1ccccc1)N=C(P)[C@@H](NC(=O)OCc1ccccc1)C(C)C. The van der Waals surface area contributed by atoms with Crippen molar-refractivity contribution in [2.75, 3.05) is 0 Å². The molecule has 0 aliphatic heterocycles. The van der Waals surface area contributed by atoms with Crippen LogP contribution in [-0.2, 0) is 40.3 Å². The second-order valence-corrected chi connectivity index (χ2v) is 17.7. The summed E-state index contributed by atoms with van der Waals surface area (Å²) in [6, 6.07) is 35.4. The third-order valence-electron chi connectivity index (χ3n) is 9.09. The lowest BCUT2D eigenvalue weighted by atomic mass is 10.0. The van der Waals surface area contributed by atoms with E-state index in [9.17, 15) is 24.0 Å². The van der Waals surface area contributed by atoms with E-state index in [4.69, 9.17) is 14.5 Å². The lowest BCUT2D eigenvalue weighted by Gasteiger charge is -2.35. The minimum atomic E-state index is -4.63. The lowest BCUT2D eigenvalue weighted by molar-refractivity contribution is -0.124.